The summed E-state index contributed by atoms with van der Waals surface area (Å²) in [6.07, 6.45) is 0. The molecular formula is C14H16N2O. The number of primary amides is 1. The fourth-order valence-electron chi connectivity index (χ4n) is 1.95. The average molecular weight is 228 g/mol. The third-order valence-electron chi connectivity index (χ3n) is 3.04. The second-order valence-corrected chi connectivity index (χ2v) is 4.24. The van der Waals surface area contributed by atoms with E-state index >= 15 is 0 Å². The highest BCUT2D eigenvalue weighted by Gasteiger charge is 2.10. The first kappa shape index (κ1) is 11.5. The van der Waals surface area contributed by atoms with Crippen LogP contribution < -0.4 is 5.73 Å². The molecular weight excluding hydrogens is 212 g/mol. The lowest BCUT2D eigenvalue weighted by Gasteiger charge is -2.11. The van der Waals surface area contributed by atoms with Gasteiger partial charge in [0.05, 0.1) is 0 Å². The van der Waals surface area contributed by atoms with Gasteiger partial charge in [-0.1, -0.05) is 24.3 Å². The number of carbonyl (C=O) groups excluding carboxylic acids is 1. The number of amides is 1. The standard InChI is InChI=1S/C14H16N2O/c1-10-5-3-4-6-12(10)9-16-11(2)7-8-13(16)14(15)17/h3-8H,9H2,1-2H3,(H2,15,17). The molecule has 1 aromatic heterocycles. The first-order chi connectivity index (χ1) is 8.09. The molecule has 1 aromatic carbocycles. The van der Waals surface area contributed by atoms with Crippen molar-refractivity contribution in [1.82, 2.24) is 4.57 Å². The molecule has 2 rings (SSSR count). The van der Waals surface area contributed by atoms with E-state index in [4.69, 9.17) is 5.73 Å². The molecule has 0 saturated heterocycles. The third-order valence-corrected chi connectivity index (χ3v) is 3.04. The minimum atomic E-state index is -0.383. The van der Waals surface area contributed by atoms with Gasteiger partial charge in [0.15, 0.2) is 0 Å². The Bertz CT molecular complexity index is 555. The van der Waals surface area contributed by atoms with Crippen molar-refractivity contribution >= 4 is 5.91 Å². The summed E-state index contributed by atoms with van der Waals surface area (Å²) in [5.74, 6) is -0.383. The third kappa shape index (κ3) is 2.23. The van der Waals surface area contributed by atoms with E-state index in [2.05, 4.69) is 19.1 Å². The summed E-state index contributed by atoms with van der Waals surface area (Å²) in [6, 6.07) is 11.8. The highest BCUT2D eigenvalue weighted by atomic mass is 16.1. The molecule has 0 saturated carbocycles. The maximum atomic E-state index is 11.3. The van der Waals surface area contributed by atoms with E-state index in [0.717, 1.165) is 5.69 Å². The van der Waals surface area contributed by atoms with Crippen LogP contribution in [0.5, 0.6) is 0 Å². The minimum Gasteiger partial charge on any atom is -0.364 e. The van der Waals surface area contributed by atoms with Crippen LogP contribution in [0.2, 0.25) is 0 Å². The Morgan fingerprint density at radius 1 is 1.18 bits per heavy atom. The Morgan fingerprint density at radius 3 is 2.53 bits per heavy atom. The van der Waals surface area contributed by atoms with Gasteiger partial charge < -0.3 is 10.3 Å². The fourth-order valence-corrected chi connectivity index (χ4v) is 1.95. The number of hydrogen-bond acceptors (Lipinski definition) is 1. The van der Waals surface area contributed by atoms with Gasteiger partial charge in [0.2, 0.25) is 0 Å². The maximum absolute atomic E-state index is 11.3. The minimum absolute atomic E-state index is 0.383. The van der Waals surface area contributed by atoms with Crippen LogP contribution in [0.25, 0.3) is 0 Å². The van der Waals surface area contributed by atoms with Crippen molar-refractivity contribution in [1.29, 1.82) is 0 Å². The molecule has 0 aliphatic carbocycles. The van der Waals surface area contributed by atoms with E-state index in [1.165, 1.54) is 11.1 Å². The van der Waals surface area contributed by atoms with Crippen molar-refractivity contribution in [3.8, 4) is 0 Å². The summed E-state index contributed by atoms with van der Waals surface area (Å²) in [5, 5.41) is 0. The lowest BCUT2D eigenvalue weighted by atomic mass is 10.1. The van der Waals surface area contributed by atoms with Gasteiger partial charge in [0, 0.05) is 12.2 Å². The monoisotopic (exact) mass is 228 g/mol. The van der Waals surface area contributed by atoms with E-state index in [1.54, 1.807) is 6.07 Å². The van der Waals surface area contributed by atoms with Crippen molar-refractivity contribution in [2.75, 3.05) is 0 Å². The van der Waals surface area contributed by atoms with E-state index in [0.29, 0.717) is 12.2 Å². The van der Waals surface area contributed by atoms with Crippen LogP contribution in [0.3, 0.4) is 0 Å². The molecule has 0 radical (unpaired) electrons. The largest absolute Gasteiger partial charge is 0.364 e. The molecule has 3 nitrogen and oxygen atoms in total. The van der Waals surface area contributed by atoms with Gasteiger partial charge in [-0.05, 0) is 37.1 Å². The van der Waals surface area contributed by atoms with Crippen LogP contribution in [-0.2, 0) is 6.54 Å². The summed E-state index contributed by atoms with van der Waals surface area (Å²) in [5.41, 5.74) is 9.39. The topological polar surface area (TPSA) is 48.0 Å². The summed E-state index contributed by atoms with van der Waals surface area (Å²) in [6.45, 7) is 4.73. The lowest BCUT2D eigenvalue weighted by Crippen LogP contribution is -2.18. The first-order valence-electron chi connectivity index (χ1n) is 5.60. The molecule has 0 atom stereocenters. The summed E-state index contributed by atoms with van der Waals surface area (Å²) in [4.78, 5) is 11.3. The molecule has 0 bridgehead atoms. The number of nitrogens with two attached hydrogens (primary N) is 1. The molecule has 0 aliphatic rings. The average Bonchev–Trinajstić information content (AvgIpc) is 2.64. The van der Waals surface area contributed by atoms with Crippen LogP contribution in [0.4, 0.5) is 0 Å². The van der Waals surface area contributed by atoms with Gasteiger partial charge in [-0.15, -0.1) is 0 Å². The molecule has 0 spiro atoms. The smallest absolute Gasteiger partial charge is 0.265 e. The molecule has 0 unspecified atom stereocenters. The van der Waals surface area contributed by atoms with E-state index in [9.17, 15) is 4.79 Å². The molecule has 2 N–H and O–H groups in total. The van der Waals surface area contributed by atoms with Crippen molar-refractivity contribution < 1.29 is 4.79 Å². The first-order valence-corrected chi connectivity index (χ1v) is 5.60. The Balaban J connectivity index is 2.39. The predicted molar refractivity (Wildman–Crippen MR) is 68.0 cm³/mol. The van der Waals surface area contributed by atoms with Crippen molar-refractivity contribution in [2.45, 2.75) is 20.4 Å². The number of aryl methyl sites for hydroxylation is 2. The van der Waals surface area contributed by atoms with Crippen LogP contribution in [-0.4, -0.2) is 10.5 Å². The zero-order valence-electron chi connectivity index (χ0n) is 10.1. The van der Waals surface area contributed by atoms with Crippen LogP contribution in [0, 0.1) is 13.8 Å². The van der Waals surface area contributed by atoms with E-state index in [1.807, 2.05) is 29.7 Å². The van der Waals surface area contributed by atoms with Crippen LogP contribution >= 0.6 is 0 Å². The number of carbonyl (C=O) groups is 1. The zero-order chi connectivity index (χ0) is 12.4. The van der Waals surface area contributed by atoms with Crippen molar-refractivity contribution in [3.63, 3.8) is 0 Å². The molecule has 1 amide bonds. The van der Waals surface area contributed by atoms with Gasteiger partial charge in [0.1, 0.15) is 5.69 Å². The Kier molecular flexibility index (Phi) is 3.00. The molecule has 2 aromatic rings. The van der Waals surface area contributed by atoms with Gasteiger partial charge in [-0.3, -0.25) is 4.79 Å². The highest BCUT2D eigenvalue weighted by Crippen LogP contribution is 2.14. The van der Waals surface area contributed by atoms with Gasteiger partial charge in [-0.25, -0.2) is 0 Å². The molecule has 0 fully saturated rings. The highest BCUT2D eigenvalue weighted by molar-refractivity contribution is 5.91. The maximum Gasteiger partial charge on any atom is 0.265 e. The summed E-state index contributed by atoms with van der Waals surface area (Å²) < 4.78 is 1.95. The van der Waals surface area contributed by atoms with Gasteiger partial charge >= 0.3 is 0 Å². The van der Waals surface area contributed by atoms with E-state index < -0.39 is 0 Å². The summed E-state index contributed by atoms with van der Waals surface area (Å²) in [7, 11) is 0. The van der Waals surface area contributed by atoms with Crippen molar-refractivity contribution in [3.05, 3.63) is 58.9 Å². The Morgan fingerprint density at radius 2 is 1.88 bits per heavy atom. The second-order valence-electron chi connectivity index (χ2n) is 4.24. The van der Waals surface area contributed by atoms with Gasteiger partial charge in [-0.2, -0.15) is 0 Å². The zero-order valence-corrected chi connectivity index (χ0v) is 10.1. The number of nitrogens with zero attached hydrogens (tertiary/aromatic N) is 1. The normalized spacial score (nSPS) is 10.5. The summed E-state index contributed by atoms with van der Waals surface area (Å²) >= 11 is 0. The number of rotatable bonds is 3. The molecule has 17 heavy (non-hydrogen) atoms. The SMILES string of the molecule is Cc1ccccc1Cn1c(C)ccc1C(N)=O. The molecule has 1 heterocycles. The van der Waals surface area contributed by atoms with E-state index in [-0.39, 0.29) is 5.91 Å². The Hall–Kier alpha value is -2.03. The quantitative estimate of drug-likeness (QED) is 0.860. The van der Waals surface area contributed by atoms with Gasteiger partial charge in [0.25, 0.3) is 5.91 Å². The van der Waals surface area contributed by atoms with Crippen molar-refractivity contribution in [2.24, 2.45) is 5.73 Å². The number of aromatic nitrogens is 1. The second kappa shape index (κ2) is 4.45. The van der Waals surface area contributed by atoms with Crippen LogP contribution in [0.15, 0.2) is 36.4 Å². The number of benzene rings is 1. The molecule has 88 valence electrons. The predicted octanol–water partition coefficient (Wildman–Crippen LogP) is 2.25. The Labute approximate surface area is 101 Å². The lowest BCUT2D eigenvalue weighted by molar-refractivity contribution is 0.0991. The fraction of sp³-hybridized carbons (Fsp3) is 0.214. The molecule has 3 heteroatoms. The van der Waals surface area contributed by atoms with Crippen LogP contribution in [0.1, 0.15) is 27.3 Å². The molecule has 0 aliphatic heterocycles. The number of hydrogen-bond donors (Lipinski definition) is 1.